The smallest absolute Gasteiger partial charge is 0.148 e. The lowest BCUT2D eigenvalue weighted by molar-refractivity contribution is -0.183. The van der Waals surface area contributed by atoms with E-state index in [-0.39, 0.29) is 30.7 Å². The van der Waals surface area contributed by atoms with E-state index in [1.807, 2.05) is 0 Å². The standard InChI is InChI=1S/C27H45NO4/c1-15-24-22(32-27(15)23(31)10-16(14-29)13-28-27)12-21-19-5-4-17-11-18(30)6-8-25(17,2)20(19)7-9-26(21,24)3/h15-24,28-31H,4-14H2,1-3H3/t15?,16-,17-,18-,19?,20?,21?,22?,23-,24?,25-,26-,27?/m0/s1. The van der Waals surface area contributed by atoms with Gasteiger partial charge in [-0.25, -0.2) is 0 Å². The lowest BCUT2D eigenvalue weighted by Crippen LogP contribution is -2.64. The SMILES string of the molecule is CC1C2C(CC3C4CC[C@H]5C[C@@H](O)CC[C@]5(C)C4CC[C@@]32C)OC12NC[C@@H](CO)C[C@@H]2O. The van der Waals surface area contributed by atoms with Gasteiger partial charge in [-0.2, -0.15) is 0 Å². The molecule has 6 fully saturated rings. The van der Waals surface area contributed by atoms with Crippen molar-refractivity contribution in [3.8, 4) is 0 Å². The molecule has 0 amide bonds. The summed E-state index contributed by atoms with van der Waals surface area (Å²) in [5.74, 6) is 3.94. The zero-order chi connectivity index (χ0) is 22.5. The van der Waals surface area contributed by atoms with E-state index in [0.29, 0.717) is 29.1 Å². The van der Waals surface area contributed by atoms with Gasteiger partial charge in [0.1, 0.15) is 5.72 Å². The highest BCUT2D eigenvalue weighted by atomic mass is 16.5. The molecule has 4 aliphatic carbocycles. The number of fused-ring (bicyclic) bond motifs is 7. The normalized spacial score (nSPS) is 61.7. The second kappa shape index (κ2) is 7.40. The maximum Gasteiger partial charge on any atom is 0.148 e. The topological polar surface area (TPSA) is 82.0 Å². The Bertz CT molecular complexity index is 747. The molecule has 4 N–H and O–H groups in total. The van der Waals surface area contributed by atoms with Crippen LogP contribution >= 0.6 is 0 Å². The third-order valence-electron chi connectivity index (χ3n) is 12.3. The monoisotopic (exact) mass is 447 g/mol. The van der Waals surface area contributed by atoms with Crippen LogP contribution < -0.4 is 5.32 Å². The summed E-state index contributed by atoms with van der Waals surface area (Å²) < 4.78 is 6.84. The molecule has 0 bridgehead atoms. The number of ether oxygens (including phenoxy) is 1. The predicted octanol–water partition coefficient (Wildman–Crippen LogP) is 3.31. The zero-order valence-corrected chi connectivity index (χ0v) is 20.3. The van der Waals surface area contributed by atoms with E-state index in [9.17, 15) is 15.3 Å². The van der Waals surface area contributed by atoms with E-state index < -0.39 is 11.8 Å². The van der Waals surface area contributed by atoms with Crippen molar-refractivity contribution in [3.63, 3.8) is 0 Å². The molecule has 5 heteroatoms. The summed E-state index contributed by atoms with van der Waals surface area (Å²) in [5, 5.41) is 34.6. The molecule has 2 heterocycles. The molecule has 4 saturated carbocycles. The molecule has 0 radical (unpaired) electrons. The van der Waals surface area contributed by atoms with Crippen LogP contribution in [-0.2, 0) is 4.74 Å². The Balaban J connectivity index is 1.25. The number of nitrogens with one attached hydrogen (secondary N) is 1. The first-order chi connectivity index (χ1) is 15.2. The lowest BCUT2D eigenvalue weighted by atomic mass is 9.44. The minimum atomic E-state index is -0.630. The van der Waals surface area contributed by atoms with Crippen molar-refractivity contribution in [2.75, 3.05) is 13.2 Å². The molecule has 1 spiro atoms. The van der Waals surface area contributed by atoms with Gasteiger partial charge in [-0.1, -0.05) is 20.8 Å². The third kappa shape index (κ3) is 2.81. The summed E-state index contributed by atoms with van der Waals surface area (Å²) in [5.41, 5.74) is 0.0750. The zero-order valence-electron chi connectivity index (χ0n) is 20.3. The van der Waals surface area contributed by atoms with Crippen LogP contribution in [0.3, 0.4) is 0 Å². The van der Waals surface area contributed by atoms with Crippen LogP contribution in [0.5, 0.6) is 0 Å². The average Bonchev–Trinajstić information content (AvgIpc) is 3.22. The van der Waals surface area contributed by atoms with E-state index in [0.717, 1.165) is 43.6 Å². The van der Waals surface area contributed by atoms with Gasteiger partial charge in [-0.3, -0.25) is 5.32 Å². The Morgan fingerprint density at radius 1 is 0.938 bits per heavy atom. The highest BCUT2D eigenvalue weighted by Crippen LogP contribution is 2.71. The second-order valence-electron chi connectivity index (χ2n) is 13.3. The van der Waals surface area contributed by atoms with Gasteiger partial charge in [-0.05, 0) is 104 Å². The van der Waals surface area contributed by atoms with Crippen molar-refractivity contribution in [2.24, 2.45) is 52.3 Å². The summed E-state index contributed by atoms with van der Waals surface area (Å²) in [7, 11) is 0. The minimum Gasteiger partial charge on any atom is -0.396 e. The largest absolute Gasteiger partial charge is 0.396 e. The van der Waals surface area contributed by atoms with Gasteiger partial charge in [0, 0.05) is 19.1 Å². The first-order valence-corrected chi connectivity index (χ1v) is 13.6. The molecular weight excluding hydrogens is 402 g/mol. The van der Waals surface area contributed by atoms with Crippen molar-refractivity contribution >= 4 is 0 Å². The van der Waals surface area contributed by atoms with Gasteiger partial charge in [0.15, 0.2) is 0 Å². The van der Waals surface area contributed by atoms with E-state index in [4.69, 9.17) is 4.74 Å². The fourth-order valence-corrected chi connectivity index (χ4v) is 10.6. The van der Waals surface area contributed by atoms with Gasteiger partial charge in [0.05, 0.1) is 18.3 Å². The van der Waals surface area contributed by atoms with Crippen molar-refractivity contribution < 1.29 is 20.1 Å². The maximum atomic E-state index is 11.1. The summed E-state index contributed by atoms with van der Waals surface area (Å²) >= 11 is 0. The van der Waals surface area contributed by atoms with E-state index in [1.54, 1.807) is 0 Å². The van der Waals surface area contributed by atoms with Crippen molar-refractivity contribution in [1.82, 2.24) is 5.32 Å². The second-order valence-corrected chi connectivity index (χ2v) is 13.3. The Hall–Kier alpha value is -0.200. The molecular formula is C27H45NO4. The van der Waals surface area contributed by atoms with Crippen molar-refractivity contribution in [2.45, 2.75) is 103 Å². The number of aliphatic hydroxyl groups is 3. The van der Waals surface area contributed by atoms with Gasteiger partial charge in [0.2, 0.25) is 0 Å². The number of aliphatic hydroxyl groups excluding tert-OH is 3. The summed E-state index contributed by atoms with van der Waals surface area (Å²) in [4.78, 5) is 0. The van der Waals surface area contributed by atoms with Crippen LogP contribution in [0.25, 0.3) is 0 Å². The molecule has 0 aromatic rings. The molecule has 13 atom stereocenters. The van der Waals surface area contributed by atoms with Crippen LogP contribution in [-0.4, -0.2) is 52.5 Å². The average molecular weight is 448 g/mol. The molecule has 7 unspecified atom stereocenters. The number of rotatable bonds is 1. The summed E-state index contributed by atoms with van der Waals surface area (Å²) in [6, 6.07) is 0. The third-order valence-corrected chi connectivity index (χ3v) is 12.3. The van der Waals surface area contributed by atoms with E-state index in [2.05, 4.69) is 26.1 Å². The van der Waals surface area contributed by atoms with Crippen LogP contribution in [0.15, 0.2) is 0 Å². The van der Waals surface area contributed by atoms with Gasteiger partial charge in [0.25, 0.3) is 0 Å². The van der Waals surface area contributed by atoms with Gasteiger partial charge in [-0.15, -0.1) is 0 Å². The Labute approximate surface area is 193 Å². The Morgan fingerprint density at radius 2 is 1.72 bits per heavy atom. The fourth-order valence-electron chi connectivity index (χ4n) is 10.6. The van der Waals surface area contributed by atoms with Crippen LogP contribution in [0, 0.1) is 52.3 Å². The highest BCUT2D eigenvalue weighted by molar-refractivity contribution is 5.17. The molecule has 6 rings (SSSR count). The summed E-state index contributed by atoms with van der Waals surface area (Å²) in [6.45, 7) is 8.30. The summed E-state index contributed by atoms with van der Waals surface area (Å²) in [6.07, 6.45) is 9.84. The molecule has 2 aliphatic heterocycles. The van der Waals surface area contributed by atoms with Gasteiger partial charge >= 0.3 is 0 Å². The highest BCUT2D eigenvalue weighted by Gasteiger charge is 2.70. The molecule has 5 nitrogen and oxygen atoms in total. The molecule has 182 valence electrons. The Morgan fingerprint density at radius 3 is 2.47 bits per heavy atom. The first-order valence-electron chi connectivity index (χ1n) is 13.6. The molecule has 0 aromatic heterocycles. The van der Waals surface area contributed by atoms with E-state index in [1.165, 1.54) is 32.1 Å². The number of piperidine rings is 1. The predicted molar refractivity (Wildman–Crippen MR) is 123 cm³/mol. The fraction of sp³-hybridized carbons (Fsp3) is 1.00. The van der Waals surface area contributed by atoms with Crippen LogP contribution in [0.4, 0.5) is 0 Å². The number of hydrogen-bond acceptors (Lipinski definition) is 5. The minimum absolute atomic E-state index is 0.0744. The maximum absolute atomic E-state index is 11.1. The molecule has 6 aliphatic rings. The van der Waals surface area contributed by atoms with E-state index >= 15 is 0 Å². The molecule has 0 aromatic carbocycles. The molecule has 32 heavy (non-hydrogen) atoms. The first kappa shape index (κ1) is 22.3. The van der Waals surface area contributed by atoms with Gasteiger partial charge < -0.3 is 20.1 Å². The molecule has 2 saturated heterocycles. The quantitative estimate of drug-likeness (QED) is 0.496. The number of hydrogen-bond donors (Lipinski definition) is 4. The van der Waals surface area contributed by atoms with Crippen molar-refractivity contribution in [1.29, 1.82) is 0 Å². The Kier molecular flexibility index (Phi) is 5.15. The van der Waals surface area contributed by atoms with Crippen molar-refractivity contribution in [3.05, 3.63) is 0 Å². The van der Waals surface area contributed by atoms with Crippen LogP contribution in [0.2, 0.25) is 0 Å². The lowest BCUT2D eigenvalue weighted by Gasteiger charge is -2.61. The van der Waals surface area contributed by atoms with Crippen LogP contribution in [0.1, 0.15) is 78.6 Å².